The molecule has 0 spiro atoms. The molecule has 0 aliphatic carbocycles. The van der Waals surface area contributed by atoms with Crippen molar-refractivity contribution in [3.05, 3.63) is 4.88 Å². The van der Waals surface area contributed by atoms with Gasteiger partial charge in [-0.1, -0.05) is 18.3 Å². The first-order valence-corrected chi connectivity index (χ1v) is 7.99. The highest BCUT2D eigenvalue weighted by Gasteiger charge is 2.20. The lowest BCUT2D eigenvalue weighted by Gasteiger charge is -2.15. The quantitative estimate of drug-likeness (QED) is 0.725. The molecule has 1 fully saturated rings. The van der Waals surface area contributed by atoms with E-state index in [4.69, 9.17) is 5.73 Å². The van der Waals surface area contributed by atoms with E-state index in [2.05, 4.69) is 15.6 Å². The molecule has 4 N–H and O–H groups in total. The summed E-state index contributed by atoms with van der Waals surface area (Å²) in [5, 5.41) is 6.34. The zero-order chi connectivity index (χ0) is 15.2. The predicted molar refractivity (Wildman–Crippen MR) is 83.5 cm³/mol. The van der Waals surface area contributed by atoms with Crippen LogP contribution in [0.3, 0.4) is 0 Å². The first-order valence-electron chi connectivity index (χ1n) is 7.18. The summed E-state index contributed by atoms with van der Waals surface area (Å²) in [6.45, 7) is 4.39. The first-order chi connectivity index (χ1) is 10.1. The van der Waals surface area contributed by atoms with Crippen molar-refractivity contribution in [3.8, 4) is 0 Å². The second-order valence-corrected chi connectivity index (χ2v) is 5.93. The lowest BCUT2D eigenvalue weighted by atomic mass is 10.4. The molecule has 1 saturated heterocycles. The highest BCUT2D eigenvalue weighted by atomic mass is 32.1. The summed E-state index contributed by atoms with van der Waals surface area (Å²) >= 11 is 1.21. The van der Waals surface area contributed by atoms with Crippen molar-refractivity contribution in [2.75, 3.05) is 37.2 Å². The van der Waals surface area contributed by atoms with Crippen LogP contribution in [-0.2, 0) is 4.79 Å². The normalized spacial score (nSPS) is 14.2. The van der Waals surface area contributed by atoms with Gasteiger partial charge in [0.1, 0.15) is 10.7 Å². The van der Waals surface area contributed by atoms with Crippen molar-refractivity contribution in [2.45, 2.75) is 26.2 Å². The maximum absolute atomic E-state index is 12.1. The van der Waals surface area contributed by atoms with E-state index in [0.717, 1.165) is 38.9 Å². The number of amides is 2. The molecule has 0 radical (unpaired) electrons. The number of nitrogens with zero attached hydrogens (tertiary/aromatic N) is 2. The van der Waals surface area contributed by atoms with E-state index < -0.39 is 0 Å². The molecule has 8 heteroatoms. The molecule has 2 heterocycles. The van der Waals surface area contributed by atoms with Crippen LogP contribution in [0.2, 0.25) is 0 Å². The number of aromatic nitrogens is 1. The molecule has 0 unspecified atom stereocenters. The van der Waals surface area contributed by atoms with E-state index in [1.807, 2.05) is 6.92 Å². The largest absolute Gasteiger partial charge is 0.382 e. The summed E-state index contributed by atoms with van der Waals surface area (Å²) in [6, 6.07) is 0. The van der Waals surface area contributed by atoms with Gasteiger partial charge in [0, 0.05) is 19.6 Å². The number of anilines is 2. The van der Waals surface area contributed by atoms with Gasteiger partial charge in [-0.15, -0.1) is 0 Å². The highest BCUT2D eigenvalue weighted by molar-refractivity contribution is 7.18. The van der Waals surface area contributed by atoms with Crippen molar-refractivity contribution in [3.63, 3.8) is 0 Å². The summed E-state index contributed by atoms with van der Waals surface area (Å²) in [4.78, 5) is 30.1. The SMILES string of the molecule is CCCNc1nc(N)c(C(=O)NCC(=O)N2CCCC2)s1. The number of carbonyl (C=O) groups excluding carboxylic acids is 2. The van der Waals surface area contributed by atoms with Crippen LogP contribution in [0.15, 0.2) is 0 Å². The number of nitrogen functional groups attached to an aromatic ring is 1. The lowest BCUT2D eigenvalue weighted by molar-refractivity contribution is -0.129. The van der Waals surface area contributed by atoms with Crippen LogP contribution in [0.1, 0.15) is 35.9 Å². The number of nitrogens with two attached hydrogens (primary N) is 1. The summed E-state index contributed by atoms with van der Waals surface area (Å²) in [6.07, 6.45) is 3.03. The van der Waals surface area contributed by atoms with Gasteiger partial charge in [0.25, 0.3) is 5.91 Å². The highest BCUT2D eigenvalue weighted by Crippen LogP contribution is 2.24. The average molecular weight is 311 g/mol. The van der Waals surface area contributed by atoms with Gasteiger partial charge in [0.15, 0.2) is 5.13 Å². The second-order valence-electron chi connectivity index (χ2n) is 4.93. The molecule has 0 aromatic carbocycles. The van der Waals surface area contributed by atoms with E-state index in [-0.39, 0.29) is 24.2 Å². The summed E-state index contributed by atoms with van der Waals surface area (Å²) in [7, 11) is 0. The van der Waals surface area contributed by atoms with E-state index in [1.165, 1.54) is 11.3 Å². The summed E-state index contributed by atoms with van der Waals surface area (Å²) < 4.78 is 0. The number of nitrogens with one attached hydrogen (secondary N) is 2. The molecular formula is C13H21N5O2S. The van der Waals surface area contributed by atoms with E-state index in [0.29, 0.717) is 10.0 Å². The fourth-order valence-electron chi connectivity index (χ4n) is 2.12. The molecule has 1 aromatic rings. The third-order valence-corrected chi connectivity index (χ3v) is 4.27. The van der Waals surface area contributed by atoms with Gasteiger partial charge in [0.2, 0.25) is 5.91 Å². The smallest absolute Gasteiger partial charge is 0.265 e. The van der Waals surface area contributed by atoms with E-state index in [1.54, 1.807) is 4.90 Å². The Morgan fingerprint density at radius 2 is 2.10 bits per heavy atom. The van der Waals surface area contributed by atoms with Crippen LogP contribution in [0.4, 0.5) is 10.9 Å². The number of likely N-dealkylation sites (tertiary alicyclic amines) is 1. The number of carbonyl (C=O) groups is 2. The minimum atomic E-state index is -0.345. The van der Waals surface area contributed by atoms with E-state index >= 15 is 0 Å². The number of hydrogen-bond acceptors (Lipinski definition) is 6. The minimum Gasteiger partial charge on any atom is -0.382 e. The van der Waals surface area contributed by atoms with Gasteiger partial charge in [-0.2, -0.15) is 0 Å². The molecule has 116 valence electrons. The Hall–Kier alpha value is -1.83. The van der Waals surface area contributed by atoms with Gasteiger partial charge in [0.05, 0.1) is 6.54 Å². The standard InChI is InChI=1S/C13H21N5O2S/c1-2-5-15-13-17-11(14)10(21-13)12(20)16-8-9(19)18-6-3-4-7-18/h2-8,14H2,1H3,(H,15,17)(H,16,20). The second kappa shape index (κ2) is 7.26. The van der Waals surface area contributed by atoms with Crippen molar-refractivity contribution in [1.82, 2.24) is 15.2 Å². The van der Waals surface area contributed by atoms with Gasteiger partial charge < -0.3 is 21.3 Å². The molecule has 2 rings (SSSR count). The first kappa shape index (κ1) is 15.6. The van der Waals surface area contributed by atoms with Crippen molar-refractivity contribution < 1.29 is 9.59 Å². The Bertz CT molecular complexity index is 511. The van der Waals surface area contributed by atoms with Crippen LogP contribution in [0, 0.1) is 0 Å². The average Bonchev–Trinajstić information content (AvgIpc) is 3.11. The topological polar surface area (TPSA) is 100 Å². The molecule has 0 atom stereocenters. The monoisotopic (exact) mass is 311 g/mol. The summed E-state index contributed by atoms with van der Waals surface area (Å²) in [5.41, 5.74) is 5.75. The Morgan fingerprint density at radius 3 is 2.76 bits per heavy atom. The fourth-order valence-corrected chi connectivity index (χ4v) is 2.94. The van der Waals surface area contributed by atoms with Crippen LogP contribution in [-0.4, -0.2) is 47.9 Å². The van der Waals surface area contributed by atoms with Gasteiger partial charge >= 0.3 is 0 Å². The molecule has 0 bridgehead atoms. The van der Waals surface area contributed by atoms with Gasteiger partial charge in [-0.05, 0) is 19.3 Å². The van der Waals surface area contributed by atoms with Crippen LogP contribution in [0.25, 0.3) is 0 Å². The molecule has 1 aliphatic heterocycles. The Morgan fingerprint density at radius 1 is 1.38 bits per heavy atom. The van der Waals surface area contributed by atoms with Crippen molar-refractivity contribution >= 4 is 34.1 Å². The summed E-state index contributed by atoms with van der Waals surface area (Å²) in [5.74, 6) is -0.194. The lowest BCUT2D eigenvalue weighted by Crippen LogP contribution is -2.38. The maximum Gasteiger partial charge on any atom is 0.265 e. The Balaban J connectivity index is 1.87. The number of thiazole rings is 1. The molecule has 1 aliphatic rings. The number of hydrogen-bond donors (Lipinski definition) is 3. The van der Waals surface area contributed by atoms with Crippen LogP contribution in [0.5, 0.6) is 0 Å². The van der Waals surface area contributed by atoms with Gasteiger partial charge in [-0.25, -0.2) is 4.98 Å². The number of rotatable bonds is 6. The Labute approximate surface area is 127 Å². The zero-order valence-electron chi connectivity index (χ0n) is 12.1. The fraction of sp³-hybridized carbons (Fsp3) is 0.615. The molecular weight excluding hydrogens is 290 g/mol. The van der Waals surface area contributed by atoms with Gasteiger partial charge in [-0.3, -0.25) is 9.59 Å². The third-order valence-electron chi connectivity index (χ3n) is 3.24. The predicted octanol–water partition coefficient (Wildman–Crippen LogP) is 0.899. The van der Waals surface area contributed by atoms with E-state index in [9.17, 15) is 9.59 Å². The molecule has 0 saturated carbocycles. The van der Waals surface area contributed by atoms with Crippen molar-refractivity contribution in [2.24, 2.45) is 0 Å². The molecule has 1 aromatic heterocycles. The molecule has 7 nitrogen and oxygen atoms in total. The van der Waals surface area contributed by atoms with Crippen LogP contribution < -0.4 is 16.4 Å². The minimum absolute atomic E-state index is 0.00783. The van der Waals surface area contributed by atoms with Crippen LogP contribution >= 0.6 is 11.3 Å². The Kier molecular flexibility index (Phi) is 5.38. The van der Waals surface area contributed by atoms with Crippen molar-refractivity contribution in [1.29, 1.82) is 0 Å². The molecule has 21 heavy (non-hydrogen) atoms. The zero-order valence-corrected chi connectivity index (χ0v) is 13.0. The third kappa shape index (κ3) is 4.07. The maximum atomic E-state index is 12.1. The molecule has 2 amide bonds.